The van der Waals surface area contributed by atoms with Crippen molar-refractivity contribution in [2.75, 3.05) is 6.54 Å². The Morgan fingerprint density at radius 3 is 3.00 bits per heavy atom. The molecule has 0 aliphatic carbocycles. The first-order valence-electron chi connectivity index (χ1n) is 5.34. The van der Waals surface area contributed by atoms with Crippen LogP contribution < -0.4 is 5.32 Å². The van der Waals surface area contributed by atoms with Crippen molar-refractivity contribution in [1.82, 2.24) is 20.1 Å². The number of aromatic nitrogens is 3. The fraction of sp³-hybridized carbons (Fsp3) is 0.364. The second-order valence-electron chi connectivity index (χ2n) is 3.73. The molecule has 0 saturated carbocycles. The zero-order valence-corrected chi connectivity index (χ0v) is 10.6. The molecular formula is C11H14N4OS. The molecule has 2 aromatic heterocycles. The first-order valence-corrected chi connectivity index (χ1v) is 6.22. The fourth-order valence-corrected chi connectivity index (χ4v) is 2.26. The summed E-state index contributed by atoms with van der Waals surface area (Å²) in [6.07, 6.45) is 2.38. The Kier molecular flexibility index (Phi) is 3.53. The van der Waals surface area contributed by atoms with E-state index in [0.29, 0.717) is 12.2 Å². The van der Waals surface area contributed by atoms with Gasteiger partial charge in [-0.15, -0.1) is 11.3 Å². The second-order valence-corrected chi connectivity index (χ2v) is 4.67. The Hall–Kier alpha value is -1.69. The van der Waals surface area contributed by atoms with Crippen molar-refractivity contribution in [3.05, 3.63) is 34.0 Å². The molecule has 0 unspecified atom stereocenters. The molecule has 0 saturated heterocycles. The second kappa shape index (κ2) is 5.09. The normalized spacial score (nSPS) is 10.5. The van der Waals surface area contributed by atoms with E-state index < -0.39 is 0 Å². The van der Waals surface area contributed by atoms with Crippen molar-refractivity contribution >= 4 is 17.2 Å². The highest BCUT2D eigenvalue weighted by molar-refractivity contribution is 7.09. The van der Waals surface area contributed by atoms with E-state index in [1.54, 1.807) is 35.3 Å². The number of hydrogen-bond donors (Lipinski definition) is 1. The molecular weight excluding hydrogens is 236 g/mol. The lowest BCUT2D eigenvalue weighted by atomic mass is 10.3. The Bertz CT molecular complexity index is 517. The van der Waals surface area contributed by atoms with Crippen LogP contribution in [0.4, 0.5) is 0 Å². The lowest BCUT2D eigenvalue weighted by molar-refractivity contribution is 0.0945. The van der Waals surface area contributed by atoms with Gasteiger partial charge in [-0.3, -0.25) is 9.48 Å². The average molecular weight is 250 g/mol. The zero-order valence-electron chi connectivity index (χ0n) is 9.80. The summed E-state index contributed by atoms with van der Waals surface area (Å²) in [6.45, 7) is 2.56. The van der Waals surface area contributed by atoms with E-state index >= 15 is 0 Å². The van der Waals surface area contributed by atoms with Crippen molar-refractivity contribution < 1.29 is 4.79 Å². The minimum atomic E-state index is -0.0988. The summed E-state index contributed by atoms with van der Waals surface area (Å²) in [5.74, 6) is -0.0988. The van der Waals surface area contributed by atoms with Crippen LogP contribution >= 0.6 is 11.3 Å². The minimum absolute atomic E-state index is 0.0988. The van der Waals surface area contributed by atoms with Gasteiger partial charge in [-0.25, -0.2) is 4.98 Å². The van der Waals surface area contributed by atoms with Gasteiger partial charge >= 0.3 is 0 Å². The van der Waals surface area contributed by atoms with Gasteiger partial charge < -0.3 is 5.32 Å². The van der Waals surface area contributed by atoms with E-state index in [-0.39, 0.29) is 5.91 Å². The summed E-state index contributed by atoms with van der Waals surface area (Å²) >= 11 is 1.62. The molecule has 0 radical (unpaired) electrons. The van der Waals surface area contributed by atoms with Gasteiger partial charge in [-0.1, -0.05) is 0 Å². The lowest BCUT2D eigenvalue weighted by Crippen LogP contribution is -2.27. The molecule has 2 heterocycles. The monoisotopic (exact) mass is 250 g/mol. The van der Waals surface area contributed by atoms with Crippen LogP contribution in [0.1, 0.15) is 21.2 Å². The van der Waals surface area contributed by atoms with Crippen LogP contribution in [0.25, 0.3) is 0 Å². The maximum Gasteiger partial charge on any atom is 0.269 e. The molecule has 2 aromatic rings. The number of nitrogens with zero attached hydrogens (tertiary/aromatic N) is 3. The highest BCUT2D eigenvalue weighted by Gasteiger charge is 2.09. The van der Waals surface area contributed by atoms with Gasteiger partial charge in [0.15, 0.2) is 0 Å². The third kappa shape index (κ3) is 2.91. The predicted octanol–water partition coefficient (Wildman–Crippen LogP) is 1.16. The number of carbonyl (C=O) groups excluding carboxylic acids is 1. The number of nitrogens with one attached hydrogen (secondary N) is 1. The van der Waals surface area contributed by atoms with E-state index in [1.807, 2.05) is 12.3 Å². The zero-order chi connectivity index (χ0) is 12.3. The molecule has 0 fully saturated rings. The number of amides is 1. The largest absolute Gasteiger partial charge is 0.350 e. The summed E-state index contributed by atoms with van der Waals surface area (Å²) in [7, 11) is 1.75. The summed E-state index contributed by atoms with van der Waals surface area (Å²) in [5, 5.41) is 9.86. The number of aryl methyl sites for hydroxylation is 2. The maximum atomic E-state index is 11.7. The number of rotatable bonds is 4. The highest BCUT2D eigenvalue weighted by Crippen LogP contribution is 2.08. The molecule has 0 aliphatic rings. The van der Waals surface area contributed by atoms with Gasteiger partial charge in [0.25, 0.3) is 5.91 Å². The fourth-order valence-electron chi connectivity index (χ4n) is 1.49. The Labute approximate surface area is 103 Å². The standard InChI is InChI=1S/C11H14N4OS/c1-8-7-17-10(14-8)4-5-12-11(16)9-3-6-13-15(9)2/h3,6-7H,4-5H2,1-2H3,(H,12,16). The molecule has 1 amide bonds. The van der Waals surface area contributed by atoms with Gasteiger partial charge in [0.1, 0.15) is 5.69 Å². The van der Waals surface area contributed by atoms with Crippen molar-refractivity contribution in [2.24, 2.45) is 7.05 Å². The van der Waals surface area contributed by atoms with Crippen LogP contribution in [0.5, 0.6) is 0 Å². The van der Waals surface area contributed by atoms with E-state index in [4.69, 9.17) is 0 Å². The molecule has 6 heteroatoms. The van der Waals surface area contributed by atoms with Gasteiger partial charge in [-0.05, 0) is 13.0 Å². The van der Waals surface area contributed by atoms with Crippen molar-refractivity contribution in [3.63, 3.8) is 0 Å². The topological polar surface area (TPSA) is 59.8 Å². The SMILES string of the molecule is Cc1csc(CCNC(=O)c2ccnn2C)n1. The first-order chi connectivity index (χ1) is 8.16. The van der Waals surface area contributed by atoms with Crippen LogP contribution in [0.2, 0.25) is 0 Å². The van der Waals surface area contributed by atoms with Gasteiger partial charge in [0, 0.05) is 37.3 Å². The first kappa shape index (κ1) is 11.8. The predicted molar refractivity (Wildman–Crippen MR) is 66.1 cm³/mol. The number of thiazole rings is 1. The minimum Gasteiger partial charge on any atom is -0.350 e. The van der Waals surface area contributed by atoms with E-state index in [1.165, 1.54) is 0 Å². The highest BCUT2D eigenvalue weighted by atomic mass is 32.1. The van der Waals surface area contributed by atoms with Crippen LogP contribution in [-0.4, -0.2) is 27.2 Å². The number of carbonyl (C=O) groups is 1. The van der Waals surface area contributed by atoms with Crippen molar-refractivity contribution in [3.8, 4) is 0 Å². The van der Waals surface area contributed by atoms with Gasteiger partial charge in [0.2, 0.25) is 0 Å². The van der Waals surface area contributed by atoms with Crippen molar-refractivity contribution in [1.29, 1.82) is 0 Å². The maximum absolute atomic E-state index is 11.7. The van der Waals surface area contributed by atoms with Crippen molar-refractivity contribution in [2.45, 2.75) is 13.3 Å². The van der Waals surface area contributed by atoms with Crippen LogP contribution in [0, 0.1) is 6.92 Å². The van der Waals surface area contributed by atoms with Gasteiger partial charge in [0.05, 0.1) is 5.01 Å². The molecule has 17 heavy (non-hydrogen) atoms. The molecule has 2 rings (SSSR count). The lowest BCUT2D eigenvalue weighted by Gasteiger charge is -2.03. The molecule has 0 atom stereocenters. The summed E-state index contributed by atoms with van der Waals surface area (Å²) in [5.41, 5.74) is 1.60. The Morgan fingerprint density at radius 1 is 1.59 bits per heavy atom. The van der Waals surface area contributed by atoms with Crippen LogP contribution in [-0.2, 0) is 13.5 Å². The molecule has 0 spiro atoms. The van der Waals surface area contributed by atoms with E-state index in [2.05, 4.69) is 15.4 Å². The third-order valence-electron chi connectivity index (χ3n) is 2.34. The molecule has 5 nitrogen and oxygen atoms in total. The smallest absolute Gasteiger partial charge is 0.269 e. The van der Waals surface area contributed by atoms with Crippen LogP contribution in [0.15, 0.2) is 17.6 Å². The third-order valence-corrected chi connectivity index (χ3v) is 3.37. The number of hydrogen-bond acceptors (Lipinski definition) is 4. The molecule has 1 N–H and O–H groups in total. The molecule has 0 bridgehead atoms. The van der Waals surface area contributed by atoms with E-state index in [0.717, 1.165) is 17.1 Å². The summed E-state index contributed by atoms with van der Waals surface area (Å²) in [6, 6.07) is 1.70. The van der Waals surface area contributed by atoms with E-state index in [9.17, 15) is 4.79 Å². The Balaban J connectivity index is 1.83. The molecule has 90 valence electrons. The summed E-state index contributed by atoms with van der Waals surface area (Å²) in [4.78, 5) is 16.1. The molecule has 0 aliphatic heterocycles. The van der Waals surface area contributed by atoms with Gasteiger partial charge in [-0.2, -0.15) is 5.10 Å². The van der Waals surface area contributed by atoms with Crippen LogP contribution in [0.3, 0.4) is 0 Å². The quantitative estimate of drug-likeness (QED) is 0.885. The Morgan fingerprint density at radius 2 is 2.41 bits per heavy atom. The average Bonchev–Trinajstić information content (AvgIpc) is 2.87. The molecule has 0 aromatic carbocycles. The summed E-state index contributed by atoms with van der Waals surface area (Å²) < 4.78 is 1.56.